The molecular weight excluding hydrogens is 238 g/mol. The number of ether oxygens (including phenoxy) is 1. The molecule has 0 saturated carbocycles. The molecule has 1 saturated heterocycles. The zero-order valence-electron chi connectivity index (χ0n) is 11.1. The van der Waals surface area contributed by atoms with Crippen molar-refractivity contribution in [1.82, 2.24) is 4.98 Å². The molecule has 2 unspecified atom stereocenters. The predicted octanol–water partition coefficient (Wildman–Crippen LogP) is 2.65. The van der Waals surface area contributed by atoms with E-state index in [0.29, 0.717) is 12.0 Å². The van der Waals surface area contributed by atoms with Crippen molar-refractivity contribution in [3.63, 3.8) is 0 Å². The molecule has 1 aromatic heterocycles. The van der Waals surface area contributed by atoms with Gasteiger partial charge in [-0.1, -0.05) is 0 Å². The summed E-state index contributed by atoms with van der Waals surface area (Å²) in [7, 11) is 0. The SMILES string of the molecule is CC(Nc1ccc(N)c2cccnc12)C1CCOC1. The van der Waals surface area contributed by atoms with Gasteiger partial charge < -0.3 is 15.8 Å². The molecule has 3 N–H and O–H groups in total. The number of nitrogen functional groups attached to an aromatic ring is 1. The third-order valence-electron chi connectivity index (χ3n) is 3.86. The quantitative estimate of drug-likeness (QED) is 0.830. The summed E-state index contributed by atoms with van der Waals surface area (Å²) in [6.07, 6.45) is 2.92. The van der Waals surface area contributed by atoms with E-state index in [-0.39, 0.29) is 0 Å². The average Bonchev–Trinajstić information content (AvgIpc) is 2.96. The second-order valence-corrected chi connectivity index (χ2v) is 5.16. The predicted molar refractivity (Wildman–Crippen MR) is 78.2 cm³/mol. The summed E-state index contributed by atoms with van der Waals surface area (Å²) in [6.45, 7) is 3.91. The zero-order valence-corrected chi connectivity index (χ0v) is 11.1. The van der Waals surface area contributed by atoms with E-state index in [1.165, 1.54) is 0 Å². The summed E-state index contributed by atoms with van der Waals surface area (Å²) in [6, 6.07) is 8.24. The van der Waals surface area contributed by atoms with Crippen molar-refractivity contribution in [3.05, 3.63) is 30.5 Å². The molecule has 19 heavy (non-hydrogen) atoms. The second-order valence-electron chi connectivity index (χ2n) is 5.16. The van der Waals surface area contributed by atoms with Crippen molar-refractivity contribution < 1.29 is 4.74 Å². The van der Waals surface area contributed by atoms with Gasteiger partial charge in [0.1, 0.15) is 0 Å². The number of fused-ring (bicyclic) bond motifs is 1. The van der Waals surface area contributed by atoms with E-state index in [9.17, 15) is 0 Å². The van der Waals surface area contributed by atoms with Crippen LogP contribution in [0.2, 0.25) is 0 Å². The molecule has 4 nitrogen and oxygen atoms in total. The number of hydrogen-bond acceptors (Lipinski definition) is 4. The summed E-state index contributed by atoms with van der Waals surface area (Å²) >= 11 is 0. The van der Waals surface area contributed by atoms with Crippen molar-refractivity contribution in [2.45, 2.75) is 19.4 Å². The maximum absolute atomic E-state index is 5.99. The first-order valence-electron chi connectivity index (χ1n) is 6.73. The largest absolute Gasteiger partial charge is 0.398 e. The molecule has 0 amide bonds. The van der Waals surface area contributed by atoms with Gasteiger partial charge in [0.05, 0.1) is 17.8 Å². The number of nitrogens with one attached hydrogen (secondary N) is 1. The van der Waals surface area contributed by atoms with Gasteiger partial charge in [-0.3, -0.25) is 4.98 Å². The van der Waals surface area contributed by atoms with Crippen LogP contribution in [0.1, 0.15) is 13.3 Å². The smallest absolute Gasteiger partial charge is 0.0953 e. The molecule has 4 heteroatoms. The van der Waals surface area contributed by atoms with E-state index in [2.05, 4.69) is 17.2 Å². The van der Waals surface area contributed by atoms with Crippen LogP contribution in [0.5, 0.6) is 0 Å². The lowest BCUT2D eigenvalue weighted by atomic mass is 10.00. The lowest BCUT2D eigenvalue weighted by Crippen LogP contribution is -2.26. The van der Waals surface area contributed by atoms with Gasteiger partial charge in [0.15, 0.2) is 0 Å². The van der Waals surface area contributed by atoms with E-state index in [1.54, 1.807) is 6.20 Å². The van der Waals surface area contributed by atoms with E-state index < -0.39 is 0 Å². The highest BCUT2D eigenvalue weighted by Gasteiger charge is 2.22. The lowest BCUT2D eigenvalue weighted by Gasteiger charge is -2.21. The number of benzene rings is 1. The number of aromatic nitrogens is 1. The topological polar surface area (TPSA) is 60.2 Å². The molecule has 2 atom stereocenters. The molecule has 0 bridgehead atoms. The van der Waals surface area contributed by atoms with Gasteiger partial charge in [-0.25, -0.2) is 0 Å². The Morgan fingerprint density at radius 1 is 1.42 bits per heavy atom. The molecule has 1 aromatic carbocycles. The Kier molecular flexibility index (Phi) is 3.25. The maximum atomic E-state index is 5.99. The Morgan fingerprint density at radius 2 is 2.32 bits per heavy atom. The van der Waals surface area contributed by atoms with Crippen LogP contribution < -0.4 is 11.1 Å². The minimum Gasteiger partial charge on any atom is -0.398 e. The van der Waals surface area contributed by atoms with Crippen LogP contribution >= 0.6 is 0 Å². The summed E-state index contributed by atoms with van der Waals surface area (Å²) in [5.74, 6) is 0.566. The average molecular weight is 257 g/mol. The summed E-state index contributed by atoms with van der Waals surface area (Å²) in [4.78, 5) is 4.45. The summed E-state index contributed by atoms with van der Waals surface area (Å²) < 4.78 is 5.45. The molecule has 100 valence electrons. The Hall–Kier alpha value is -1.81. The maximum Gasteiger partial charge on any atom is 0.0953 e. The first-order valence-corrected chi connectivity index (χ1v) is 6.73. The first-order chi connectivity index (χ1) is 9.25. The summed E-state index contributed by atoms with van der Waals surface area (Å²) in [5, 5.41) is 4.56. The summed E-state index contributed by atoms with van der Waals surface area (Å²) in [5.41, 5.74) is 8.74. The van der Waals surface area contributed by atoms with Crippen LogP contribution in [-0.2, 0) is 4.74 Å². The molecule has 2 aromatic rings. The number of pyridine rings is 1. The minimum absolute atomic E-state index is 0.372. The number of rotatable bonds is 3. The fourth-order valence-corrected chi connectivity index (χ4v) is 2.62. The van der Waals surface area contributed by atoms with E-state index in [0.717, 1.165) is 41.9 Å². The van der Waals surface area contributed by atoms with Gasteiger partial charge in [-0.2, -0.15) is 0 Å². The molecule has 0 aliphatic carbocycles. The number of nitrogens with two attached hydrogens (primary N) is 1. The van der Waals surface area contributed by atoms with Gasteiger partial charge in [0.25, 0.3) is 0 Å². The third-order valence-corrected chi connectivity index (χ3v) is 3.86. The molecule has 1 aliphatic rings. The van der Waals surface area contributed by atoms with Crippen molar-refractivity contribution in [2.24, 2.45) is 5.92 Å². The monoisotopic (exact) mass is 257 g/mol. The van der Waals surface area contributed by atoms with E-state index in [4.69, 9.17) is 10.5 Å². The standard InChI is InChI=1S/C15H19N3O/c1-10(11-6-8-19-9-11)18-14-5-4-13(16)12-3-2-7-17-15(12)14/h2-5,7,10-11,18H,6,8-9,16H2,1H3. The molecule has 0 spiro atoms. The van der Waals surface area contributed by atoms with Crippen LogP contribution in [0.3, 0.4) is 0 Å². The number of hydrogen-bond donors (Lipinski definition) is 2. The molecular formula is C15H19N3O. The Bertz CT molecular complexity index is 579. The first kappa shape index (κ1) is 12.2. The highest BCUT2D eigenvalue weighted by atomic mass is 16.5. The van der Waals surface area contributed by atoms with Gasteiger partial charge in [-0.05, 0) is 37.6 Å². The Morgan fingerprint density at radius 3 is 3.11 bits per heavy atom. The third kappa shape index (κ3) is 2.36. The van der Waals surface area contributed by atoms with Crippen LogP contribution in [0, 0.1) is 5.92 Å². The highest BCUT2D eigenvalue weighted by molar-refractivity contribution is 5.98. The minimum atomic E-state index is 0.372. The van der Waals surface area contributed by atoms with Crippen LogP contribution in [-0.4, -0.2) is 24.2 Å². The highest BCUT2D eigenvalue weighted by Crippen LogP contribution is 2.28. The van der Waals surface area contributed by atoms with Gasteiger partial charge >= 0.3 is 0 Å². The van der Waals surface area contributed by atoms with Crippen molar-refractivity contribution >= 4 is 22.3 Å². The molecule has 2 heterocycles. The van der Waals surface area contributed by atoms with Crippen molar-refractivity contribution in [3.8, 4) is 0 Å². The zero-order chi connectivity index (χ0) is 13.2. The molecule has 1 aliphatic heterocycles. The normalized spacial score (nSPS) is 20.6. The van der Waals surface area contributed by atoms with Gasteiger partial charge in [0.2, 0.25) is 0 Å². The fourth-order valence-electron chi connectivity index (χ4n) is 2.62. The van der Waals surface area contributed by atoms with E-state index in [1.807, 2.05) is 24.3 Å². The van der Waals surface area contributed by atoms with Crippen molar-refractivity contribution in [1.29, 1.82) is 0 Å². The Labute approximate surface area is 113 Å². The number of anilines is 2. The van der Waals surface area contributed by atoms with Gasteiger partial charge in [0, 0.05) is 35.8 Å². The fraction of sp³-hybridized carbons (Fsp3) is 0.400. The van der Waals surface area contributed by atoms with Crippen LogP contribution in [0.15, 0.2) is 30.5 Å². The number of nitrogens with zero attached hydrogens (tertiary/aromatic N) is 1. The van der Waals surface area contributed by atoms with Gasteiger partial charge in [-0.15, -0.1) is 0 Å². The van der Waals surface area contributed by atoms with Crippen LogP contribution in [0.4, 0.5) is 11.4 Å². The molecule has 3 rings (SSSR count). The van der Waals surface area contributed by atoms with Crippen molar-refractivity contribution in [2.75, 3.05) is 24.3 Å². The molecule has 0 radical (unpaired) electrons. The second kappa shape index (κ2) is 5.05. The molecule has 1 fully saturated rings. The Balaban J connectivity index is 1.90. The van der Waals surface area contributed by atoms with Crippen LogP contribution in [0.25, 0.3) is 10.9 Å². The lowest BCUT2D eigenvalue weighted by molar-refractivity contribution is 0.183. The van der Waals surface area contributed by atoms with E-state index >= 15 is 0 Å².